The molecule has 8 heteroatoms. The van der Waals surface area contributed by atoms with Crippen molar-refractivity contribution >= 4 is 0 Å². The van der Waals surface area contributed by atoms with Crippen molar-refractivity contribution < 1.29 is 22.8 Å². The van der Waals surface area contributed by atoms with Gasteiger partial charge in [-0.25, -0.2) is 0 Å². The fourth-order valence-electron chi connectivity index (χ4n) is 2.43. The summed E-state index contributed by atoms with van der Waals surface area (Å²) in [6.45, 7) is 3.86. The molecule has 0 aliphatic carbocycles. The summed E-state index contributed by atoms with van der Waals surface area (Å²) in [5.74, 6) is 0.626. The number of nitrogens with zero attached hydrogens (tertiary/aromatic N) is 3. The number of unbranched alkanes of at least 4 members (excludes halogenated alkanes) is 2. The summed E-state index contributed by atoms with van der Waals surface area (Å²) in [5.41, 5.74) is -0.257. The Balaban J connectivity index is 2.03. The maximum Gasteiger partial charge on any atom is 0.416 e. The van der Waals surface area contributed by atoms with E-state index < -0.39 is 11.7 Å². The molecule has 0 aliphatic heterocycles. The van der Waals surface area contributed by atoms with Gasteiger partial charge < -0.3 is 9.63 Å². The minimum absolute atomic E-state index is 0.0338. The van der Waals surface area contributed by atoms with Crippen molar-refractivity contribution in [1.29, 1.82) is 0 Å². The molecule has 1 N–H and O–H groups in total. The van der Waals surface area contributed by atoms with E-state index in [-0.39, 0.29) is 12.4 Å². The highest BCUT2D eigenvalue weighted by atomic mass is 19.4. The van der Waals surface area contributed by atoms with Gasteiger partial charge in [-0.3, -0.25) is 4.90 Å². The molecule has 5 nitrogen and oxygen atoms in total. The Morgan fingerprint density at radius 3 is 2.44 bits per heavy atom. The lowest BCUT2D eigenvalue weighted by Crippen LogP contribution is -2.27. The first-order chi connectivity index (χ1) is 11.9. The smallest absolute Gasteiger partial charge is 0.395 e. The van der Waals surface area contributed by atoms with Crippen LogP contribution in [0.3, 0.4) is 0 Å². The topological polar surface area (TPSA) is 62.4 Å². The molecule has 2 aromatic rings. The van der Waals surface area contributed by atoms with E-state index in [2.05, 4.69) is 17.1 Å². The van der Waals surface area contributed by atoms with E-state index in [1.165, 1.54) is 12.1 Å². The van der Waals surface area contributed by atoms with Crippen LogP contribution in [-0.2, 0) is 12.7 Å². The van der Waals surface area contributed by atoms with Gasteiger partial charge in [0.05, 0.1) is 18.7 Å². The number of hydrogen-bond donors (Lipinski definition) is 1. The zero-order chi connectivity index (χ0) is 18.3. The summed E-state index contributed by atoms with van der Waals surface area (Å²) >= 11 is 0. The van der Waals surface area contributed by atoms with Crippen LogP contribution in [0.2, 0.25) is 0 Å². The molecule has 0 aliphatic rings. The number of rotatable bonds is 9. The molecule has 2 rings (SSSR count). The van der Waals surface area contributed by atoms with Gasteiger partial charge in [-0.1, -0.05) is 37.1 Å². The predicted octanol–water partition coefficient (Wildman–Crippen LogP) is 3.74. The minimum Gasteiger partial charge on any atom is -0.395 e. The van der Waals surface area contributed by atoms with Crippen LogP contribution in [0.25, 0.3) is 11.4 Å². The third kappa shape index (κ3) is 5.82. The third-order valence-electron chi connectivity index (χ3n) is 3.79. The lowest BCUT2D eigenvalue weighted by atomic mass is 10.1. The number of hydrogen-bond acceptors (Lipinski definition) is 5. The van der Waals surface area contributed by atoms with E-state index in [1.54, 1.807) is 0 Å². The number of halogens is 3. The van der Waals surface area contributed by atoms with Gasteiger partial charge >= 0.3 is 6.18 Å². The minimum atomic E-state index is -4.37. The molecule has 0 amide bonds. The molecule has 1 aromatic carbocycles. The Labute approximate surface area is 144 Å². The van der Waals surface area contributed by atoms with Crippen LogP contribution < -0.4 is 0 Å². The molecule has 0 bridgehead atoms. The van der Waals surface area contributed by atoms with E-state index in [0.29, 0.717) is 24.5 Å². The Morgan fingerprint density at radius 2 is 1.84 bits per heavy atom. The zero-order valence-electron chi connectivity index (χ0n) is 14.1. The van der Waals surface area contributed by atoms with Crippen molar-refractivity contribution in [1.82, 2.24) is 15.0 Å². The number of benzene rings is 1. The van der Waals surface area contributed by atoms with Gasteiger partial charge in [-0.2, -0.15) is 18.2 Å². The second-order valence-electron chi connectivity index (χ2n) is 5.79. The molecule has 0 spiro atoms. The van der Waals surface area contributed by atoms with Crippen molar-refractivity contribution in [3.05, 3.63) is 35.7 Å². The van der Waals surface area contributed by atoms with Crippen LogP contribution in [0.15, 0.2) is 28.8 Å². The molecule has 0 atom stereocenters. The summed E-state index contributed by atoms with van der Waals surface area (Å²) in [5, 5.41) is 13.0. The highest BCUT2D eigenvalue weighted by molar-refractivity contribution is 5.54. The molecule has 0 unspecified atom stereocenters. The van der Waals surface area contributed by atoms with E-state index in [4.69, 9.17) is 9.63 Å². The standard InChI is InChI=1S/C17H22F3N3O2/c1-2-3-4-9-23(10-11-24)12-15-21-16(22-25-15)13-5-7-14(8-6-13)17(18,19)20/h5-8,24H,2-4,9-12H2,1H3. The van der Waals surface area contributed by atoms with Gasteiger partial charge in [-0.15, -0.1) is 0 Å². The normalized spacial score (nSPS) is 12.1. The van der Waals surface area contributed by atoms with Crippen molar-refractivity contribution in [3.8, 4) is 11.4 Å². The van der Waals surface area contributed by atoms with Crippen molar-refractivity contribution in [2.45, 2.75) is 38.9 Å². The van der Waals surface area contributed by atoms with E-state index >= 15 is 0 Å². The van der Waals surface area contributed by atoms with Crippen LogP contribution in [0.1, 0.15) is 37.6 Å². The van der Waals surface area contributed by atoms with E-state index in [0.717, 1.165) is 37.9 Å². The Kier molecular flexibility index (Phi) is 6.95. The zero-order valence-corrected chi connectivity index (χ0v) is 14.1. The monoisotopic (exact) mass is 357 g/mol. The SMILES string of the molecule is CCCCCN(CCO)Cc1nc(-c2ccc(C(F)(F)F)cc2)no1. The van der Waals surface area contributed by atoms with Crippen LogP contribution in [0.4, 0.5) is 13.2 Å². The number of aliphatic hydroxyl groups is 1. The molecule has 0 saturated heterocycles. The first-order valence-corrected chi connectivity index (χ1v) is 8.27. The van der Waals surface area contributed by atoms with E-state index in [9.17, 15) is 13.2 Å². The van der Waals surface area contributed by atoms with Gasteiger partial charge in [0.25, 0.3) is 0 Å². The fraction of sp³-hybridized carbons (Fsp3) is 0.529. The molecular weight excluding hydrogens is 335 g/mol. The highest BCUT2D eigenvalue weighted by Gasteiger charge is 2.30. The first kappa shape index (κ1) is 19.4. The average molecular weight is 357 g/mol. The Morgan fingerprint density at radius 1 is 1.12 bits per heavy atom. The summed E-state index contributed by atoms with van der Waals surface area (Å²) in [6.07, 6.45) is -1.16. The molecule has 1 aromatic heterocycles. The van der Waals surface area contributed by atoms with Gasteiger partial charge in [0.15, 0.2) is 0 Å². The van der Waals surface area contributed by atoms with Gasteiger partial charge in [0, 0.05) is 12.1 Å². The largest absolute Gasteiger partial charge is 0.416 e. The van der Waals surface area contributed by atoms with Crippen LogP contribution in [-0.4, -0.2) is 39.8 Å². The average Bonchev–Trinajstić information content (AvgIpc) is 3.03. The summed E-state index contributed by atoms with van der Waals surface area (Å²) in [6, 6.07) is 4.64. The first-order valence-electron chi connectivity index (χ1n) is 8.27. The van der Waals surface area contributed by atoms with Crippen molar-refractivity contribution in [2.24, 2.45) is 0 Å². The lowest BCUT2D eigenvalue weighted by molar-refractivity contribution is -0.137. The predicted molar refractivity (Wildman–Crippen MR) is 86.6 cm³/mol. The molecule has 1 heterocycles. The summed E-state index contributed by atoms with van der Waals surface area (Å²) in [7, 11) is 0. The molecule has 138 valence electrons. The van der Waals surface area contributed by atoms with Crippen LogP contribution >= 0.6 is 0 Å². The van der Waals surface area contributed by atoms with Crippen LogP contribution in [0.5, 0.6) is 0 Å². The number of aliphatic hydroxyl groups excluding tert-OH is 1. The molecule has 25 heavy (non-hydrogen) atoms. The Hall–Kier alpha value is -1.93. The second kappa shape index (κ2) is 8.96. The quantitative estimate of drug-likeness (QED) is 0.693. The molecule has 0 saturated carbocycles. The summed E-state index contributed by atoms with van der Waals surface area (Å²) < 4.78 is 43.0. The van der Waals surface area contributed by atoms with Gasteiger partial charge in [-0.05, 0) is 25.1 Å². The Bertz CT molecular complexity index is 641. The molecular formula is C17H22F3N3O2. The summed E-state index contributed by atoms with van der Waals surface area (Å²) in [4.78, 5) is 6.25. The van der Waals surface area contributed by atoms with Gasteiger partial charge in [0.2, 0.25) is 11.7 Å². The van der Waals surface area contributed by atoms with Crippen molar-refractivity contribution in [3.63, 3.8) is 0 Å². The molecule has 0 radical (unpaired) electrons. The maximum atomic E-state index is 12.6. The van der Waals surface area contributed by atoms with Crippen molar-refractivity contribution in [2.75, 3.05) is 19.7 Å². The highest BCUT2D eigenvalue weighted by Crippen LogP contribution is 2.30. The third-order valence-corrected chi connectivity index (χ3v) is 3.79. The van der Waals surface area contributed by atoms with Gasteiger partial charge in [0.1, 0.15) is 0 Å². The lowest BCUT2D eigenvalue weighted by Gasteiger charge is -2.18. The maximum absolute atomic E-state index is 12.6. The number of alkyl halides is 3. The van der Waals surface area contributed by atoms with E-state index in [1.807, 2.05) is 4.90 Å². The fourth-order valence-corrected chi connectivity index (χ4v) is 2.43. The molecule has 0 fully saturated rings. The number of aromatic nitrogens is 2. The van der Waals surface area contributed by atoms with Crippen LogP contribution in [0, 0.1) is 0 Å². The second-order valence-corrected chi connectivity index (χ2v) is 5.79.